The summed E-state index contributed by atoms with van der Waals surface area (Å²) in [5, 5.41) is 2.40. The molecule has 0 aliphatic heterocycles. The van der Waals surface area contributed by atoms with Gasteiger partial charge < -0.3 is 10.1 Å². The van der Waals surface area contributed by atoms with Crippen molar-refractivity contribution in [1.29, 1.82) is 0 Å². The first-order valence-electron chi connectivity index (χ1n) is 6.64. The molecule has 118 valence electrons. The van der Waals surface area contributed by atoms with Crippen LogP contribution in [0.1, 0.15) is 32.3 Å². The minimum atomic E-state index is -3.85. The standard InChI is InChI=1S/C14H22N2O4S/c1-9(2)11-6-7-12(20-5)13(8-11)21(18,19)16-10(3)14(17)15-4/h6-10,16H,1-5H3,(H,15,17). The number of rotatable bonds is 6. The van der Waals surface area contributed by atoms with E-state index in [1.165, 1.54) is 21.1 Å². The predicted molar refractivity (Wildman–Crippen MR) is 80.9 cm³/mol. The van der Waals surface area contributed by atoms with Crippen LogP contribution in [0.5, 0.6) is 5.75 Å². The van der Waals surface area contributed by atoms with Crippen molar-refractivity contribution >= 4 is 15.9 Å². The van der Waals surface area contributed by atoms with Crippen LogP contribution in [0.25, 0.3) is 0 Å². The normalized spacial score (nSPS) is 13.0. The molecule has 0 saturated heterocycles. The number of nitrogens with one attached hydrogen (secondary N) is 2. The van der Waals surface area contributed by atoms with Crippen LogP contribution in [0.15, 0.2) is 23.1 Å². The Kier molecular flexibility index (Phi) is 5.74. The fraction of sp³-hybridized carbons (Fsp3) is 0.500. The number of carbonyl (C=O) groups excluding carboxylic acids is 1. The van der Waals surface area contributed by atoms with E-state index in [2.05, 4.69) is 10.0 Å². The Hall–Kier alpha value is -1.60. The second-order valence-electron chi connectivity index (χ2n) is 5.02. The summed E-state index contributed by atoms with van der Waals surface area (Å²) in [5.41, 5.74) is 0.878. The van der Waals surface area contributed by atoms with Crippen molar-refractivity contribution in [2.75, 3.05) is 14.2 Å². The molecule has 0 fully saturated rings. The number of carbonyl (C=O) groups is 1. The summed E-state index contributed by atoms with van der Waals surface area (Å²) >= 11 is 0. The lowest BCUT2D eigenvalue weighted by atomic mass is 10.0. The van der Waals surface area contributed by atoms with Crippen molar-refractivity contribution in [2.24, 2.45) is 0 Å². The number of benzene rings is 1. The van der Waals surface area contributed by atoms with E-state index >= 15 is 0 Å². The third kappa shape index (κ3) is 4.18. The van der Waals surface area contributed by atoms with E-state index in [0.29, 0.717) is 0 Å². The van der Waals surface area contributed by atoms with Gasteiger partial charge in [-0.2, -0.15) is 4.72 Å². The summed E-state index contributed by atoms with van der Waals surface area (Å²) in [6.07, 6.45) is 0. The lowest BCUT2D eigenvalue weighted by Crippen LogP contribution is -2.43. The third-order valence-electron chi connectivity index (χ3n) is 3.12. The van der Waals surface area contributed by atoms with Gasteiger partial charge in [0.2, 0.25) is 15.9 Å². The molecule has 0 spiro atoms. The lowest BCUT2D eigenvalue weighted by molar-refractivity contribution is -0.121. The quantitative estimate of drug-likeness (QED) is 0.827. The zero-order valence-corrected chi connectivity index (χ0v) is 13.7. The van der Waals surface area contributed by atoms with E-state index in [1.807, 2.05) is 19.9 Å². The number of hydrogen-bond donors (Lipinski definition) is 2. The minimum Gasteiger partial charge on any atom is -0.495 e. The van der Waals surface area contributed by atoms with Gasteiger partial charge in [-0.1, -0.05) is 19.9 Å². The molecular weight excluding hydrogens is 292 g/mol. The predicted octanol–water partition coefficient (Wildman–Crippen LogP) is 1.23. The van der Waals surface area contributed by atoms with E-state index in [1.54, 1.807) is 12.1 Å². The number of hydrogen-bond acceptors (Lipinski definition) is 4. The second kappa shape index (κ2) is 6.91. The Morgan fingerprint density at radius 2 is 1.86 bits per heavy atom. The van der Waals surface area contributed by atoms with Gasteiger partial charge in [0.05, 0.1) is 13.2 Å². The maximum absolute atomic E-state index is 12.4. The third-order valence-corrected chi connectivity index (χ3v) is 4.68. The number of amides is 1. The molecule has 0 saturated carbocycles. The van der Waals surface area contributed by atoms with Crippen molar-refractivity contribution < 1.29 is 17.9 Å². The Morgan fingerprint density at radius 3 is 2.33 bits per heavy atom. The Bertz CT molecular complexity index is 611. The zero-order chi connectivity index (χ0) is 16.2. The van der Waals surface area contributed by atoms with E-state index in [0.717, 1.165) is 5.56 Å². The van der Waals surface area contributed by atoms with Gasteiger partial charge in [-0.3, -0.25) is 4.79 Å². The molecule has 0 heterocycles. The molecule has 1 aromatic rings. The molecule has 0 aliphatic rings. The molecule has 2 N–H and O–H groups in total. The lowest BCUT2D eigenvalue weighted by Gasteiger charge is -2.16. The van der Waals surface area contributed by atoms with Gasteiger partial charge in [-0.05, 0) is 30.5 Å². The zero-order valence-electron chi connectivity index (χ0n) is 12.9. The molecule has 1 aromatic carbocycles. The number of likely N-dealkylation sites (N-methyl/N-ethyl adjacent to an activating group) is 1. The molecule has 6 nitrogen and oxygen atoms in total. The summed E-state index contributed by atoms with van der Waals surface area (Å²) in [7, 11) is -0.989. The topological polar surface area (TPSA) is 84.5 Å². The molecule has 7 heteroatoms. The summed E-state index contributed by atoms with van der Waals surface area (Å²) in [4.78, 5) is 11.5. The first-order chi connectivity index (χ1) is 9.72. The Morgan fingerprint density at radius 1 is 1.24 bits per heavy atom. The molecule has 0 aromatic heterocycles. The first-order valence-corrected chi connectivity index (χ1v) is 8.13. The van der Waals surface area contributed by atoms with Gasteiger partial charge in [0, 0.05) is 7.05 Å². The highest BCUT2D eigenvalue weighted by Crippen LogP contribution is 2.28. The van der Waals surface area contributed by atoms with Gasteiger partial charge in [0.25, 0.3) is 0 Å². The maximum Gasteiger partial charge on any atom is 0.244 e. The fourth-order valence-electron chi connectivity index (χ4n) is 1.83. The summed E-state index contributed by atoms with van der Waals surface area (Å²) < 4.78 is 32.4. The molecule has 0 radical (unpaired) electrons. The van der Waals surface area contributed by atoms with Crippen molar-refractivity contribution in [2.45, 2.75) is 37.6 Å². The SMILES string of the molecule is CNC(=O)C(C)NS(=O)(=O)c1cc(C(C)C)ccc1OC. The molecule has 1 rings (SSSR count). The number of sulfonamides is 1. The van der Waals surface area contributed by atoms with E-state index in [-0.39, 0.29) is 16.6 Å². The Balaban J connectivity index is 3.23. The summed E-state index contributed by atoms with van der Waals surface area (Å²) in [5.74, 6) is 0.0229. The molecule has 1 atom stereocenters. The monoisotopic (exact) mass is 314 g/mol. The highest BCUT2D eigenvalue weighted by molar-refractivity contribution is 7.89. The van der Waals surface area contributed by atoms with Gasteiger partial charge in [-0.15, -0.1) is 0 Å². The average molecular weight is 314 g/mol. The van der Waals surface area contributed by atoms with Crippen LogP contribution in [-0.2, 0) is 14.8 Å². The van der Waals surface area contributed by atoms with Crippen molar-refractivity contribution in [3.63, 3.8) is 0 Å². The molecule has 0 aliphatic carbocycles. The Labute approximate surface area is 125 Å². The van der Waals surface area contributed by atoms with Crippen molar-refractivity contribution in [3.05, 3.63) is 23.8 Å². The smallest absolute Gasteiger partial charge is 0.244 e. The van der Waals surface area contributed by atoms with Crippen LogP contribution in [0.3, 0.4) is 0 Å². The summed E-state index contributed by atoms with van der Waals surface area (Å²) in [6, 6.07) is 4.15. The molecule has 21 heavy (non-hydrogen) atoms. The van der Waals surface area contributed by atoms with Crippen molar-refractivity contribution in [3.8, 4) is 5.75 Å². The van der Waals surface area contributed by atoms with Crippen molar-refractivity contribution in [1.82, 2.24) is 10.0 Å². The van der Waals surface area contributed by atoms with Gasteiger partial charge in [0.15, 0.2) is 0 Å². The fourth-order valence-corrected chi connectivity index (χ4v) is 3.24. The van der Waals surface area contributed by atoms with E-state index in [9.17, 15) is 13.2 Å². The first kappa shape index (κ1) is 17.5. The van der Waals surface area contributed by atoms with Crippen LogP contribution in [0, 0.1) is 0 Å². The van der Waals surface area contributed by atoms with Gasteiger partial charge in [0.1, 0.15) is 10.6 Å². The molecular formula is C14H22N2O4S. The van der Waals surface area contributed by atoms with Gasteiger partial charge >= 0.3 is 0 Å². The van der Waals surface area contributed by atoms with Gasteiger partial charge in [-0.25, -0.2) is 8.42 Å². The van der Waals surface area contributed by atoms with Crippen LogP contribution in [-0.4, -0.2) is 34.5 Å². The van der Waals surface area contributed by atoms with Crippen LogP contribution < -0.4 is 14.8 Å². The molecule has 1 amide bonds. The number of ether oxygens (including phenoxy) is 1. The summed E-state index contributed by atoms with van der Waals surface area (Å²) in [6.45, 7) is 5.42. The maximum atomic E-state index is 12.4. The number of methoxy groups -OCH3 is 1. The average Bonchev–Trinajstić information content (AvgIpc) is 2.44. The van der Waals surface area contributed by atoms with Crippen LogP contribution >= 0.6 is 0 Å². The molecule has 1 unspecified atom stereocenters. The van der Waals surface area contributed by atoms with E-state index in [4.69, 9.17) is 4.74 Å². The largest absolute Gasteiger partial charge is 0.495 e. The van der Waals surface area contributed by atoms with Crippen LogP contribution in [0.2, 0.25) is 0 Å². The highest BCUT2D eigenvalue weighted by Gasteiger charge is 2.25. The highest BCUT2D eigenvalue weighted by atomic mass is 32.2. The molecule has 0 bridgehead atoms. The second-order valence-corrected chi connectivity index (χ2v) is 6.70. The van der Waals surface area contributed by atoms with E-state index < -0.39 is 22.0 Å². The minimum absolute atomic E-state index is 0.0342. The van der Waals surface area contributed by atoms with Crippen LogP contribution in [0.4, 0.5) is 0 Å².